The molecule has 0 bridgehead atoms. The van der Waals surface area contributed by atoms with Gasteiger partial charge in [-0.05, 0) is 50.3 Å². The van der Waals surface area contributed by atoms with Gasteiger partial charge in [0.2, 0.25) is 5.91 Å². The van der Waals surface area contributed by atoms with Gasteiger partial charge in [-0.25, -0.2) is 9.78 Å². The molecular weight excluding hydrogens is 502 g/mol. The zero-order valence-electron chi connectivity index (χ0n) is 22.2. The summed E-state index contributed by atoms with van der Waals surface area (Å²) in [4.78, 5) is 32.5. The van der Waals surface area contributed by atoms with Crippen LogP contribution < -0.4 is 10.1 Å². The van der Waals surface area contributed by atoms with Gasteiger partial charge in [0, 0.05) is 24.0 Å². The fourth-order valence-corrected chi connectivity index (χ4v) is 5.95. The maximum Gasteiger partial charge on any atom is 0.410 e. The Kier molecular flexibility index (Phi) is 8.69. The quantitative estimate of drug-likeness (QED) is 0.405. The summed E-state index contributed by atoms with van der Waals surface area (Å²) in [6, 6.07) is 9.98. The molecule has 1 N–H and O–H groups in total. The first-order valence-electron chi connectivity index (χ1n) is 12.8. The molecule has 38 heavy (non-hydrogen) atoms. The minimum Gasteiger partial charge on any atom is -0.494 e. The molecule has 2 aromatic heterocycles. The van der Waals surface area contributed by atoms with Gasteiger partial charge in [0.1, 0.15) is 29.3 Å². The van der Waals surface area contributed by atoms with Crippen molar-refractivity contribution in [3.63, 3.8) is 0 Å². The second-order valence-corrected chi connectivity index (χ2v) is 10.5. The summed E-state index contributed by atoms with van der Waals surface area (Å²) in [6.07, 6.45) is 2.34. The second-order valence-electron chi connectivity index (χ2n) is 9.35. The SMILES string of the molecule is CCOc1ccccc1[C@@H](C)CC(=O)Nc1sc2c(c1C#N)CCN(C(=O)OCCn1cc(C)nc1C)C2. The van der Waals surface area contributed by atoms with Gasteiger partial charge in [-0.15, -0.1) is 11.3 Å². The van der Waals surface area contributed by atoms with Crippen molar-refractivity contribution < 1.29 is 19.1 Å². The molecule has 1 aromatic carbocycles. The van der Waals surface area contributed by atoms with Gasteiger partial charge in [0.15, 0.2) is 0 Å². The number of imidazole rings is 1. The number of aromatic nitrogens is 2. The zero-order chi connectivity index (χ0) is 27.2. The molecular formula is C28H33N5O4S. The normalized spacial score (nSPS) is 13.4. The predicted molar refractivity (Wildman–Crippen MR) is 145 cm³/mol. The number of ether oxygens (including phenoxy) is 2. The van der Waals surface area contributed by atoms with Crippen LogP contribution in [0.5, 0.6) is 5.75 Å². The minimum absolute atomic E-state index is 0.0573. The van der Waals surface area contributed by atoms with Crippen molar-refractivity contribution in [1.29, 1.82) is 5.26 Å². The summed E-state index contributed by atoms with van der Waals surface area (Å²) in [5.74, 6) is 1.44. The fourth-order valence-electron chi connectivity index (χ4n) is 4.72. The lowest BCUT2D eigenvalue weighted by molar-refractivity contribution is -0.116. The highest BCUT2D eigenvalue weighted by molar-refractivity contribution is 7.16. The molecule has 1 atom stereocenters. The lowest BCUT2D eigenvalue weighted by Gasteiger charge is -2.26. The summed E-state index contributed by atoms with van der Waals surface area (Å²) < 4.78 is 13.2. The number of rotatable bonds is 9. The molecule has 10 heteroatoms. The van der Waals surface area contributed by atoms with Crippen LogP contribution in [-0.4, -0.2) is 46.2 Å². The number of benzene rings is 1. The average molecular weight is 536 g/mol. The third-order valence-corrected chi connectivity index (χ3v) is 7.71. The number of nitrogens with zero attached hydrogens (tertiary/aromatic N) is 4. The molecule has 4 rings (SSSR count). The Morgan fingerprint density at radius 2 is 2.08 bits per heavy atom. The minimum atomic E-state index is -0.385. The Bertz CT molecular complexity index is 1360. The van der Waals surface area contributed by atoms with E-state index in [1.165, 1.54) is 11.3 Å². The van der Waals surface area contributed by atoms with Gasteiger partial charge in [-0.1, -0.05) is 25.1 Å². The third kappa shape index (κ3) is 6.17. The standard InChI is InChI=1S/C28H33N5O4S/c1-5-36-24-9-7-6-8-21(24)18(2)14-26(34)31-27-23(15-29)22-10-11-33(17-25(22)38-27)28(35)37-13-12-32-16-19(3)30-20(32)4/h6-9,16,18H,5,10-14,17H2,1-4H3,(H,31,34)/t18-/m0/s1. The van der Waals surface area contributed by atoms with Crippen LogP contribution >= 0.6 is 11.3 Å². The van der Waals surface area contributed by atoms with Gasteiger partial charge >= 0.3 is 6.09 Å². The Hall–Kier alpha value is -3.84. The largest absolute Gasteiger partial charge is 0.494 e. The van der Waals surface area contributed by atoms with Crippen molar-refractivity contribution >= 4 is 28.3 Å². The number of aryl methyl sites for hydroxylation is 2. The number of amides is 2. The second kappa shape index (κ2) is 12.1. The lowest BCUT2D eigenvalue weighted by Crippen LogP contribution is -2.36. The first kappa shape index (κ1) is 27.2. The van der Waals surface area contributed by atoms with Crippen LogP contribution in [0.25, 0.3) is 0 Å². The highest BCUT2D eigenvalue weighted by atomic mass is 32.1. The van der Waals surface area contributed by atoms with Crippen molar-refractivity contribution in [1.82, 2.24) is 14.5 Å². The predicted octanol–water partition coefficient (Wildman–Crippen LogP) is 5.16. The summed E-state index contributed by atoms with van der Waals surface area (Å²) in [5, 5.41) is 13.3. The molecule has 3 heterocycles. The Morgan fingerprint density at radius 3 is 2.79 bits per heavy atom. The van der Waals surface area contributed by atoms with Crippen LogP contribution in [0.1, 0.15) is 59.3 Å². The van der Waals surface area contributed by atoms with Gasteiger partial charge < -0.3 is 24.3 Å². The maximum atomic E-state index is 12.9. The van der Waals surface area contributed by atoms with Gasteiger partial charge in [-0.3, -0.25) is 4.79 Å². The third-order valence-electron chi connectivity index (χ3n) is 6.58. The Labute approximate surface area is 227 Å². The van der Waals surface area contributed by atoms with E-state index in [4.69, 9.17) is 9.47 Å². The van der Waals surface area contributed by atoms with Gasteiger partial charge in [0.25, 0.3) is 0 Å². The van der Waals surface area contributed by atoms with Crippen LogP contribution in [0, 0.1) is 25.2 Å². The number of nitrogens with one attached hydrogen (secondary N) is 1. The number of hydrogen-bond donors (Lipinski definition) is 1. The van der Waals surface area contributed by atoms with Crippen molar-refractivity contribution in [2.24, 2.45) is 0 Å². The molecule has 0 aliphatic carbocycles. The van der Waals surface area contributed by atoms with E-state index in [9.17, 15) is 14.9 Å². The molecule has 2 amide bonds. The highest BCUT2D eigenvalue weighted by Gasteiger charge is 2.28. The lowest BCUT2D eigenvalue weighted by atomic mass is 9.96. The highest BCUT2D eigenvalue weighted by Crippen LogP contribution is 2.37. The van der Waals surface area contributed by atoms with Crippen LogP contribution in [0.2, 0.25) is 0 Å². The number of thiophene rings is 1. The van der Waals surface area contributed by atoms with Crippen molar-refractivity contribution in [2.75, 3.05) is 25.1 Å². The van der Waals surface area contributed by atoms with Gasteiger partial charge in [-0.2, -0.15) is 5.26 Å². The number of carbonyl (C=O) groups is 2. The van der Waals surface area contributed by atoms with Crippen LogP contribution in [0.15, 0.2) is 30.5 Å². The van der Waals surface area contributed by atoms with E-state index < -0.39 is 0 Å². The van der Waals surface area contributed by atoms with E-state index in [0.29, 0.717) is 43.2 Å². The van der Waals surface area contributed by atoms with E-state index in [2.05, 4.69) is 16.4 Å². The Balaban J connectivity index is 1.36. The molecule has 200 valence electrons. The van der Waals surface area contributed by atoms with Crippen LogP contribution in [0.3, 0.4) is 0 Å². The monoisotopic (exact) mass is 535 g/mol. The van der Waals surface area contributed by atoms with E-state index in [1.807, 2.05) is 62.7 Å². The summed E-state index contributed by atoms with van der Waals surface area (Å²) >= 11 is 1.35. The first-order chi connectivity index (χ1) is 18.3. The van der Waals surface area contributed by atoms with Crippen LogP contribution in [0.4, 0.5) is 9.80 Å². The molecule has 0 saturated carbocycles. The van der Waals surface area contributed by atoms with Crippen LogP contribution in [-0.2, 0) is 29.0 Å². The summed E-state index contributed by atoms with van der Waals surface area (Å²) in [7, 11) is 0. The Morgan fingerprint density at radius 1 is 1.29 bits per heavy atom. The van der Waals surface area contributed by atoms with Crippen molar-refractivity contribution in [2.45, 2.75) is 59.5 Å². The molecule has 1 aliphatic heterocycles. The molecule has 0 spiro atoms. The maximum absolute atomic E-state index is 12.9. The topological polar surface area (TPSA) is 109 Å². The molecule has 3 aromatic rings. The van der Waals surface area contributed by atoms with E-state index >= 15 is 0 Å². The van der Waals surface area contributed by atoms with Gasteiger partial charge in [0.05, 0.1) is 31.0 Å². The number of fused-ring (bicyclic) bond motifs is 1. The number of nitriles is 1. The van der Waals surface area contributed by atoms with E-state index in [0.717, 1.165) is 33.3 Å². The molecule has 0 unspecified atom stereocenters. The number of anilines is 1. The summed E-state index contributed by atoms with van der Waals surface area (Å²) in [6.45, 7) is 9.91. The zero-order valence-corrected chi connectivity index (χ0v) is 23.1. The van der Waals surface area contributed by atoms with Crippen molar-refractivity contribution in [3.8, 4) is 11.8 Å². The molecule has 0 fully saturated rings. The van der Waals surface area contributed by atoms with Crippen molar-refractivity contribution in [3.05, 3.63) is 63.5 Å². The molecule has 0 radical (unpaired) electrons. The van der Waals surface area contributed by atoms with E-state index in [-0.39, 0.29) is 30.9 Å². The molecule has 1 aliphatic rings. The number of hydrogen-bond acceptors (Lipinski definition) is 7. The average Bonchev–Trinajstić information content (AvgIpc) is 3.40. The molecule has 9 nitrogen and oxygen atoms in total. The fraction of sp³-hybridized carbons (Fsp3) is 0.429. The number of para-hydroxylation sites is 1. The summed E-state index contributed by atoms with van der Waals surface area (Å²) in [5.41, 5.74) is 3.29. The molecule has 0 saturated heterocycles. The van der Waals surface area contributed by atoms with E-state index in [1.54, 1.807) is 4.90 Å². The number of carbonyl (C=O) groups excluding carboxylic acids is 2. The first-order valence-corrected chi connectivity index (χ1v) is 13.6. The smallest absolute Gasteiger partial charge is 0.410 e.